The lowest BCUT2D eigenvalue weighted by molar-refractivity contribution is 0.281. The van der Waals surface area contributed by atoms with Crippen LogP contribution in [0.15, 0.2) is 28.8 Å². The monoisotopic (exact) mass is 260 g/mol. The van der Waals surface area contributed by atoms with Crippen molar-refractivity contribution >= 4 is 0 Å². The Kier molecular flexibility index (Phi) is 4.20. The average molecular weight is 260 g/mol. The van der Waals surface area contributed by atoms with E-state index in [2.05, 4.69) is 30.1 Å². The lowest BCUT2D eigenvalue weighted by atomic mass is 10.0. The van der Waals surface area contributed by atoms with Crippen molar-refractivity contribution in [3.05, 3.63) is 41.5 Å². The van der Waals surface area contributed by atoms with Gasteiger partial charge in [-0.15, -0.1) is 0 Å². The largest absolute Gasteiger partial charge is 0.485 e. The molecular formula is C15H20N2O2. The van der Waals surface area contributed by atoms with Crippen LogP contribution in [0.2, 0.25) is 0 Å². The molecule has 1 aromatic heterocycles. The van der Waals surface area contributed by atoms with Crippen molar-refractivity contribution in [1.29, 1.82) is 0 Å². The summed E-state index contributed by atoms with van der Waals surface area (Å²) in [4.78, 5) is 4.30. The first-order chi connectivity index (χ1) is 9.08. The molecule has 1 heterocycles. The number of rotatable bonds is 5. The second-order valence-corrected chi connectivity index (χ2v) is 5.18. The Bertz CT molecular complexity index is 532. The molecule has 0 amide bonds. The first kappa shape index (κ1) is 13.6. The third kappa shape index (κ3) is 3.34. The number of benzene rings is 1. The zero-order valence-corrected chi connectivity index (χ0v) is 11.9. The van der Waals surface area contributed by atoms with E-state index in [1.54, 1.807) is 0 Å². The predicted molar refractivity (Wildman–Crippen MR) is 73.3 cm³/mol. The van der Waals surface area contributed by atoms with E-state index in [0.29, 0.717) is 24.2 Å². The highest BCUT2D eigenvalue weighted by atomic mass is 16.5. The van der Waals surface area contributed by atoms with Crippen LogP contribution in [-0.2, 0) is 6.61 Å². The summed E-state index contributed by atoms with van der Waals surface area (Å²) in [7, 11) is 0. The third-order valence-electron chi connectivity index (χ3n) is 2.88. The topological polar surface area (TPSA) is 48.2 Å². The number of para-hydroxylation sites is 1. The zero-order valence-electron chi connectivity index (χ0n) is 11.9. The van der Waals surface area contributed by atoms with E-state index in [-0.39, 0.29) is 5.92 Å². The molecule has 2 rings (SSSR count). The molecule has 4 heteroatoms. The number of hydrogen-bond donors (Lipinski definition) is 0. The van der Waals surface area contributed by atoms with Gasteiger partial charge < -0.3 is 9.26 Å². The lowest BCUT2D eigenvalue weighted by Gasteiger charge is -2.12. The van der Waals surface area contributed by atoms with Crippen molar-refractivity contribution < 1.29 is 9.26 Å². The minimum atomic E-state index is 0.240. The highest BCUT2D eigenvalue weighted by Gasteiger charge is 2.12. The van der Waals surface area contributed by atoms with Crippen LogP contribution in [0.25, 0.3) is 0 Å². The Morgan fingerprint density at radius 1 is 1.11 bits per heavy atom. The molecule has 0 saturated heterocycles. The molecule has 19 heavy (non-hydrogen) atoms. The summed E-state index contributed by atoms with van der Waals surface area (Å²) in [6.45, 7) is 8.67. The van der Waals surface area contributed by atoms with Gasteiger partial charge in [0.25, 0.3) is 0 Å². The Morgan fingerprint density at radius 2 is 1.84 bits per heavy atom. The van der Waals surface area contributed by atoms with E-state index in [9.17, 15) is 0 Å². The average Bonchev–Trinajstić information content (AvgIpc) is 2.85. The molecule has 0 unspecified atom stereocenters. The molecule has 0 spiro atoms. The summed E-state index contributed by atoms with van der Waals surface area (Å²) in [5.74, 6) is 2.78. The molecular weight excluding hydrogens is 240 g/mol. The maximum absolute atomic E-state index is 5.79. The lowest BCUT2D eigenvalue weighted by Crippen LogP contribution is -2.01. The summed E-state index contributed by atoms with van der Waals surface area (Å²) in [5.41, 5.74) is 1.19. The maximum Gasteiger partial charge on any atom is 0.229 e. The molecule has 0 aliphatic heterocycles. The van der Waals surface area contributed by atoms with Crippen molar-refractivity contribution in [2.75, 3.05) is 0 Å². The van der Waals surface area contributed by atoms with E-state index in [1.165, 1.54) is 5.56 Å². The second-order valence-electron chi connectivity index (χ2n) is 5.18. The summed E-state index contributed by atoms with van der Waals surface area (Å²) < 4.78 is 10.9. The molecule has 2 aromatic rings. The van der Waals surface area contributed by atoms with Crippen molar-refractivity contribution in [1.82, 2.24) is 10.1 Å². The van der Waals surface area contributed by atoms with Crippen molar-refractivity contribution in [2.45, 2.75) is 46.1 Å². The van der Waals surface area contributed by atoms with Crippen LogP contribution < -0.4 is 4.74 Å². The molecule has 1 aromatic carbocycles. The molecule has 0 atom stereocenters. The molecule has 0 aliphatic carbocycles. The van der Waals surface area contributed by atoms with Crippen molar-refractivity contribution in [3.63, 3.8) is 0 Å². The minimum absolute atomic E-state index is 0.240. The first-order valence-electron chi connectivity index (χ1n) is 6.62. The van der Waals surface area contributed by atoms with E-state index in [1.807, 2.05) is 32.0 Å². The zero-order chi connectivity index (χ0) is 13.8. The van der Waals surface area contributed by atoms with Crippen LogP contribution in [0.1, 0.15) is 56.8 Å². The molecule has 0 bridgehead atoms. The van der Waals surface area contributed by atoms with Gasteiger partial charge in [0.15, 0.2) is 6.61 Å². The minimum Gasteiger partial charge on any atom is -0.485 e. The summed E-state index contributed by atoms with van der Waals surface area (Å²) >= 11 is 0. The predicted octanol–water partition coefficient (Wildman–Crippen LogP) is 3.90. The van der Waals surface area contributed by atoms with Crippen LogP contribution in [0.4, 0.5) is 0 Å². The molecule has 102 valence electrons. The van der Waals surface area contributed by atoms with Gasteiger partial charge in [0.1, 0.15) is 5.75 Å². The van der Waals surface area contributed by atoms with Gasteiger partial charge in [0, 0.05) is 5.92 Å². The van der Waals surface area contributed by atoms with Crippen molar-refractivity contribution in [2.24, 2.45) is 0 Å². The van der Waals surface area contributed by atoms with Crippen LogP contribution in [0.3, 0.4) is 0 Å². The Labute approximate surface area is 113 Å². The normalized spacial score (nSPS) is 11.3. The third-order valence-corrected chi connectivity index (χ3v) is 2.88. The van der Waals surface area contributed by atoms with Gasteiger partial charge >= 0.3 is 0 Å². The van der Waals surface area contributed by atoms with Crippen LogP contribution in [0, 0.1) is 0 Å². The highest BCUT2D eigenvalue weighted by molar-refractivity contribution is 5.35. The van der Waals surface area contributed by atoms with E-state index < -0.39 is 0 Å². The van der Waals surface area contributed by atoms with E-state index >= 15 is 0 Å². The standard InChI is InChI=1S/C15H20N2O2/c1-10(2)12-7-5-6-8-13(12)18-9-14-16-15(11(3)4)19-17-14/h5-8,10-11H,9H2,1-4H3. The maximum atomic E-state index is 5.79. The number of nitrogens with zero attached hydrogens (tertiary/aromatic N) is 2. The Morgan fingerprint density at radius 3 is 2.47 bits per heavy atom. The van der Waals surface area contributed by atoms with Gasteiger partial charge in [-0.05, 0) is 17.5 Å². The van der Waals surface area contributed by atoms with Crippen LogP contribution >= 0.6 is 0 Å². The molecule has 0 aliphatic rings. The number of aromatic nitrogens is 2. The van der Waals surface area contributed by atoms with Gasteiger partial charge in [-0.1, -0.05) is 51.1 Å². The van der Waals surface area contributed by atoms with Crippen LogP contribution in [0.5, 0.6) is 5.75 Å². The quantitative estimate of drug-likeness (QED) is 0.818. The molecule has 0 radical (unpaired) electrons. The summed E-state index contributed by atoms with van der Waals surface area (Å²) in [5, 5.41) is 3.92. The summed E-state index contributed by atoms with van der Waals surface area (Å²) in [6, 6.07) is 8.04. The van der Waals surface area contributed by atoms with E-state index in [4.69, 9.17) is 9.26 Å². The first-order valence-corrected chi connectivity index (χ1v) is 6.62. The fourth-order valence-electron chi connectivity index (χ4n) is 1.79. The molecule has 0 N–H and O–H groups in total. The SMILES string of the molecule is CC(C)c1nc(COc2ccccc2C(C)C)no1. The number of hydrogen-bond acceptors (Lipinski definition) is 4. The van der Waals surface area contributed by atoms with E-state index in [0.717, 1.165) is 5.75 Å². The number of ether oxygens (including phenoxy) is 1. The van der Waals surface area contributed by atoms with Gasteiger partial charge in [0.05, 0.1) is 0 Å². The second kappa shape index (κ2) is 5.87. The smallest absolute Gasteiger partial charge is 0.229 e. The highest BCUT2D eigenvalue weighted by Crippen LogP contribution is 2.26. The Balaban J connectivity index is 2.06. The molecule has 0 fully saturated rings. The fourth-order valence-corrected chi connectivity index (χ4v) is 1.79. The van der Waals surface area contributed by atoms with Gasteiger partial charge in [-0.2, -0.15) is 4.98 Å². The Hall–Kier alpha value is -1.84. The summed E-state index contributed by atoms with van der Waals surface area (Å²) in [6.07, 6.45) is 0. The van der Waals surface area contributed by atoms with Gasteiger partial charge in [-0.25, -0.2) is 0 Å². The van der Waals surface area contributed by atoms with Crippen LogP contribution in [-0.4, -0.2) is 10.1 Å². The van der Waals surface area contributed by atoms with Gasteiger partial charge in [-0.3, -0.25) is 0 Å². The van der Waals surface area contributed by atoms with Gasteiger partial charge in [0.2, 0.25) is 11.7 Å². The van der Waals surface area contributed by atoms with Crippen molar-refractivity contribution in [3.8, 4) is 5.75 Å². The fraction of sp³-hybridized carbons (Fsp3) is 0.467. The molecule has 0 saturated carbocycles. The molecule has 4 nitrogen and oxygen atoms in total.